The fraction of sp³-hybridized carbons (Fsp3) is 0.500. The number of hydrogen-bond acceptors (Lipinski definition) is 6. The van der Waals surface area contributed by atoms with Gasteiger partial charge in [0.05, 0.1) is 6.54 Å². The summed E-state index contributed by atoms with van der Waals surface area (Å²) in [6.45, 7) is 6.33. The molecule has 0 aliphatic rings. The van der Waals surface area contributed by atoms with Crippen molar-refractivity contribution >= 4 is 17.4 Å². The second-order valence-electron chi connectivity index (χ2n) is 4.18. The van der Waals surface area contributed by atoms with Crippen molar-refractivity contribution in [3.63, 3.8) is 0 Å². The van der Waals surface area contributed by atoms with E-state index in [9.17, 15) is 0 Å². The van der Waals surface area contributed by atoms with Gasteiger partial charge in [0.1, 0.15) is 16.8 Å². The molecule has 2 N–H and O–H groups in total. The van der Waals surface area contributed by atoms with Crippen LogP contribution in [0.15, 0.2) is 0 Å². The van der Waals surface area contributed by atoms with Crippen LogP contribution in [0.2, 0.25) is 5.15 Å². The fourth-order valence-corrected chi connectivity index (χ4v) is 1.53. The molecule has 0 amide bonds. The first-order chi connectivity index (χ1) is 8.58. The Morgan fingerprint density at radius 3 is 2.72 bits per heavy atom. The highest BCUT2D eigenvalue weighted by Gasteiger charge is 2.12. The highest BCUT2D eigenvalue weighted by molar-refractivity contribution is 6.30. The molecule has 0 aliphatic carbocycles. The van der Waals surface area contributed by atoms with Gasteiger partial charge in [-0.05, 0) is 6.92 Å². The molecule has 2 rings (SSSR count). The Labute approximate surface area is 109 Å². The SMILES string of the molecule is Cc1c(Cl)nc(C(C)C)nc1NCc1nn[nH]n1. The van der Waals surface area contributed by atoms with Crippen LogP contribution in [0.1, 0.15) is 37.0 Å². The van der Waals surface area contributed by atoms with Crippen LogP contribution < -0.4 is 5.32 Å². The lowest BCUT2D eigenvalue weighted by atomic mass is 10.2. The van der Waals surface area contributed by atoms with Crippen LogP contribution in [-0.4, -0.2) is 30.6 Å². The molecule has 0 saturated heterocycles. The predicted molar refractivity (Wildman–Crippen MR) is 67.4 cm³/mol. The molecule has 96 valence electrons. The van der Waals surface area contributed by atoms with Gasteiger partial charge in [0.2, 0.25) is 0 Å². The van der Waals surface area contributed by atoms with Crippen LogP contribution in [0.5, 0.6) is 0 Å². The molecule has 0 fully saturated rings. The minimum absolute atomic E-state index is 0.217. The number of aromatic nitrogens is 6. The number of nitrogens with zero attached hydrogens (tertiary/aromatic N) is 5. The van der Waals surface area contributed by atoms with Crippen LogP contribution in [0, 0.1) is 6.92 Å². The lowest BCUT2D eigenvalue weighted by Gasteiger charge is -2.11. The summed E-state index contributed by atoms with van der Waals surface area (Å²) in [7, 11) is 0. The summed E-state index contributed by atoms with van der Waals surface area (Å²) < 4.78 is 0. The Morgan fingerprint density at radius 2 is 2.11 bits per heavy atom. The summed E-state index contributed by atoms with van der Waals surface area (Å²) in [5, 5.41) is 17.2. The van der Waals surface area contributed by atoms with Crippen molar-refractivity contribution < 1.29 is 0 Å². The van der Waals surface area contributed by atoms with E-state index in [0.29, 0.717) is 29.2 Å². The molecule has 0 radical (unpaired) electrons. The summed E-state index contributed by atoms with van der Waals surface area (Å²) in [6, 6.07) is 0. The molecule has 8 heteroatoms. The van der Waals surface area contributed by atoms with E-state index in [4.69, 9.17) is 11.6 Å². The van der Waals surface area contributed by atoms with Crippen molar-refractivity contribution in [2.45, 2.75) is 33.2 Å². The Kier molecular flexibility index (Phi) is 3.71. The average molecular weight is 268 g/mol. The summed E-state index contributed by atoms with van der Waals surface area (Å²) in [4.78, 5) is 8.68. The van der Waals surface area contributed by atoms with E-state index >= 15 is 0 Å². The number of nitrogens with one attached hydrogen (secondary N) is 2. The summed E-state index contributed by atoms with van der Waals surface area (Å²) in [6.07, 6.45) is 0. The number of anilines is 1. The highest BCUT2D eigenvalue weighted by atomic mass is 35.5. The van der Waals surface area contributed by atoms with Gasteiger partial charge in [-0.2, -0.15) is 5.21 Å². The van der Waals surface area contributed by atoms with Crippen molar-refractivity contribution in [1.82, 2.24) is 30.6 Å². The number of halogens is 1. The predicted octanol–water partition coefficient (Wildman–Crippen LogP) is 1.69. The summed E-state index contributed by atoms with van der Waals surface area (Å²) in [5.41, 5.74) is 0.810. The third-order valence-electron chi connectivity index (χ3n) is 2.42. The number of rotatable bonds is 4. The van der Waals surface area contributed by atoms with E-state index in [1.54, 1.807) is 0 Å². The molecule has 18 heavy (non-hydrogen) atoms. The van der Waals surface area contributed by atoms with Gasteiger partial charge in [-0.3, -0.25) is 0 Å². The molecule has 2 heterocycles. The Morgan fingerprint density at radius 1 is 1.33 bits per heavy atom. The van der Waals surface area contributed by atoms with Gasteiger partial charge in [0.15, 0.2) is 5.82 Å². The normalized spacial score (nSPS) is 10.9. The van der Waals surface area contributed by atoms with Gasteiger partial charge < -0.3 is 5.32 Å². The lowest BCUT2D eigenvalue weighted by Crippen LogP contribution is -2.09. The monoisotopic (exact) mass is 267 g/mol. The van der Waals surface area contributed by atoms with Crippen molar-refractivity contribution in [3.8, 4) is 0 Å². The molecule has 0 spiro atoms. The minimum atomic E-state index is 0.217. The molecule has 0 bridgehead atoms. The summed E-state index contributed by atoms with van der Waals surface area (Å²) >= 11 is 6.08. The zero-order chi connectivity index (χ0) is 13.1. The van der Waals surface area contributed by atoms with Gasteiger partial charge >= 0.3 is 0 Å². The van der Waals surface area contributed by atoms with Crippen LogP contribution in [-0.2, 0) is 6.54 Å². The maximum atomic E-state index is 6.08. The second-order valence-corrected chi connectivity index (χ2v) is 4.54. The number of hydrogen-bond donors (Lipinski definition) is 2. The van der Waals surface area contributed by atoms with E-state index in [0.717, 1.165) is 5.56 Å². The molecular formula is C10H14ClN7. The second kappa shape index (κ2) is 5.26. The first-order valence-electron chi connectivity index (χ1n) is 5.58. The fourth-order valence-electron chi connectivity index (χ4n) is 1.36. The molecule has 0 unspecified atom stereocenters. The largest absolute Gasteiger partial charge is 0.362 e. The van der Waals surface area contributed by atoms with Crippen LogP contribution in [0.3, 0.4) is 0 Å². The molecule has 2 aromatic heterocycles. The topological polar surface area (TPSA) is 92.3 Å². The van der Waals surface area contributed by atoms with Crippen molar-refractivity contribution in [2.24, 2.45) is 0 Å². The van der Waals surface area contributed by atoms with E-state index in [2.05, 4.69) is 35.9 Å². The van der Waals surface area contributed by atoms with Gasteiger partial charge in [-0.1, -0.05) is 30.7 Å². The first kappa shape index (κ1) is 12.7. The smallest absolute Gasteiger partial charge is 0.193 e. The third kappa shape index (κ3) is 2.73. The van der Waals surface area contributed by atoms with E-state index < -0.39 is 0 Å². The number of H-pyrrole nitrogens is 1. The van der Waals surface area contributed by atoms with Crippen LogP contribution in [0.4, 0.5) is 5.82 Å². The van der Waals surface area contributed by atoms with Gasteiger partial charge in [0.25, 0.3) is 0 Å². The van der Waals surface area contributed by atoms with Crippen LogP contribution in [0.25, 0.3) is 0 Å². The maximum absolute atomic E-state index is 6.08. The molecule has 0 aromatic carbocycles. The van der Waals surface area contributed by atoms with Gasteiger partial charge in [-0.25, -0.2) is 9.97 Å². The van der Waals surface area contributed by atoms with Gasteiger partial charge in [-0.15, -0.1) is 10.2 Å². The molecule has 2 aromatic rings. The van der Waals surface area contributed by atoms with Crippen molar-refractivity contribution in [3.05, 3.63) is 22.4 Å². The maximum Gasteiger partial charge on any atom is 0.193 e. The Balaban J connectivity index is 2.20. The molecule has 0 aliphatic heterocycles. The van der Waals surface area contributed by atoms with E-state index in [1.807, 2.05) is 20.8 Å². The molecular weight excluding hydrogens is 254 g/mol. The lowest BCUT2D eigenvalue weighted by molar-refractivity contribution is 0.770. The Bertz CT molecular complexity index is 523. The quantitative estimate of drug-likeness (QED) is 0.819. The van der Waals surface area contributed by atoms with E-state index in [-0.39, 0.29) is 5.92 Å². The zero-order valence-electron chi connectivity index (χ0n) is 10.4. The van der Waals surface area contributed by atoms with Crippen molar-refractivity contribution in [1.29, 1.82) is 0 Å². The molecule has 0 atom stereocenters. The van der Waals surface area contributed by atoms with Gasteiger partial charge in [0, 0.05) is 11.5 Å². The van der Waals surface area contributed by atoms with Crippen molar-refractivity contribution in [2.75, 3.05) is 5.32 Å². The van der Waals surface area contributed by atoms with E-state index in [1.165, 1.54) is 0 Å². The third-order valence-corrected chi connectivity index (χ3v) is 2.79. The molecule has 7 nitrogen and oxygen atoms in total. The number of aromatic amines is 1. The summed E-state index contributed by atoms with van der Waals surface area (Å²) in [5.74, 6) is 2.19. The standard InChI is InChI=1S/C10H14ClN7/c1-5(2)9-13-8(11)6(3)10(14-9)12-4-7-15-17-18-16-7/h5H,4H2,1-3H3,(H,12,13,14)(H,15,16,17,18). The average Bonchev–Trinajstić information content (AvgIpc) is 2.83. The highest BCUT2D eigenvalue weighted by Crippen LogP contribution is 2.22. The first-order valence-corrected chi connectivity index (χ1v) is 5.96. The van der Waals surface area contributed by atoms with Crippen LogP contribution >= 0.6 is 11.6 Å². The minimum Gasteiger partial charge on any atom is -0.362 e. The number of tetrazole rings is 1. The Hall–Kier alpha value is -1.76. The molecule has 0 saturated carbocycles. The zero-order valence-corrected chi connectivity index (χ0v) is 11.2.